The van der Waals surface area contributed by atoms with E-state index < -0.39 is 0 Å². The van der Waals surface area contributed by atoms with Crippen molar-refractivity contribution < 1.29 is 5.11 Å². The smallest absolute Gasteiger partial charge is 0.219 e. The van der Waals surface area contributed by atoms with Gasteiger partial charge in [-0.25, -0.2) is 15.0 Å². The highest BCUT2D eigenvalue weighted by Crippen LogP contribution is 2.27. The number of aromatic hydroxyl groups is 1. The Morgan fingerprint density at radius 3 is 2.30 bits per heavy atom. The van der Waals surface area contributed by atoms with Crippen LogP contribution in [0.2, 0.25) is 0 Å². The van der Waals surface area contributed by atoms with Crippen LogP contribution in [0.25, 0.3) is 16.9 Å². The third-order valence-corrected chi connectivity index (χ3v) is 5.25. The predicted molar refractivity (Wildman–Crippen MR) is 115 cm³/mol. The van der Waals surface area contributed by atoms with Crippen LogP contribution in [-0.2, 0) is 19.9 Å². The maximum Gasteiger partial charge on any atom is 0.219 e. The molecule has 148 valence electrons. The first-order valence-corrected chi connectivity index (χ1v) is 9.84. The number of fused-ring (bicyclic) bond motifs is 1. The van der Waals surface area contributed by atoms with Crippen molar-refractivity contribution in [3.8, 4) is 17.1 Å². The largest absolute Gasteiger partial charge is 0.493 e. The van der Waals surface area contributed by atoms with Crippen LogP contribution in [0, 0.1) is 0 Å². The van der Waals surface area contributed by atoms with Crippen molar-refractivity contribution in [1.82, 2.24) is 23.9 Å². The zero-order valence-corrected chi connectivity index (χ0v) is 16.6. The van der Waals surface area contributed by atoms with Gasteiger partial charge in [0.1, 0.15) is 11.5 Å². The fourth-order valence-corrected chi connectivity index (χ4v) is 3.63. The van der Waals surface area contributed by atoms with Crippen molar-refractivity contribution in [3.05, 3.63) is 102 Å². The van der Waals surface area contributed by atoms with Crippen LogP contribution in [0.4, 0.5) is 0 Å². The monoisotopic (exact) mass is 395 g/mol. The lowest BCUT2D eigenvalue weighted by Gasteiger charge is -2.08. The summed E-state index contributed by atoms with van der Waals surface area (Å²) in [5.41, 5.74) is 5.01. The first kappa shape index (κ1) is 18.1. The van der Waals surface area contributed by atoms with Gasteiger partial charge in [0.2, 0.25) is 5.88 Å². The Labute approximate surface area is 174 Å². The van der Waals surface area contributed by atoms with E-state index in [1.54, 1.807) is 10.6 Å². The molecule has 3 heterocycles. The molecule has 0 bridgehead atoms. The van der Waals surface area contributed by atoms with Gasteiger partial charge < -0.3 is 9.67 Å². The van der Waals surface area contributed by atoms with E-state index in [0.717, 1.165) is 28.3 Å². The number of hydrogen-bond donors (Lipinski definition) is 1. The molecule has 0 saturated heterocycles. The maximum absolute atomic E-state index is 11.0. The summed E-state index contributed by atoms with van der Waals surface area (Å²) in [6.45, 7) is 0. The number of benzene rings is 2. The fourth-order valence-electron chi connectivity index (χ4n) is 3.63. The maximum atomic E-state index is 11.0. The predicted octanol–water partition coefficient (Wildman–Crippen LogP) is 4.02. The Balaban J connectivity index is 1.66. The van der Waals surface area contributed by atoms with Gasteiger partial charge in [0.05, 0.1) is 17.8 Å². The second kappa shape index (κ2) is 7.48. The summed E-state index contributed by atoms with van der Waals surface area (Å²) in [7, 11) is 1.94. The molecule has 2 aromatic carbocycles. The highest BCUT2D eigenvalue weighted by atomic mass is 16.3. The average molecular weight is 395 g/mol. The van der Waals surface area contributed by atoms with Gasteiger partial charge in [-0.1, -0.05) is 60.7 Å². The standard InChI is InChI=1S/C24H21N5O/c1-28-13-12-25-22(28)15-20-24(30)29-16-21(18-10-6-3-7-11-18)26-19(23(29)27-20)14-17-8-4-2-5-9-17/h2-13,16,30H,14-15H2,1H3. The molecule has 0 amide bonds. The van der Waals surface area contributed by atoms with E-state index in [4.69, 9.17) is 9.97 Å². The highest BCUT2D eigenvalue weighted by Gasteiger charge is 2.19. The van der Waals surface area contributed by atoms with Gasteiger partial charge in [0.15, 0.2) is 5.65 Å². The van der Waals surface area contributed by atoms with Crippen molar-refractivity contribution in [2.75, 3.05) is 0 Å². The van der Waals surface area contributed by atoms with E-state index in [1.807, 2.05) is 72.5 Å². The van der Waals surface area contributed by atoms with E-state index in [1.165, 1.54) is 0 Å². The third kappa shape index (κ3) is 3.33. The van der Waals surface area contributed by atoms with Crippen molar-refractivity contribution in [2.24, 2.45) is 7.05 Å². The van der Waals surface area contributed by atoms with Gasteiger partial charge in [-0.05, 0) is 5.56 Å². The van der Waals surface area contributed by atoms with E-state index in [2.05, 4.69) is 17.1 Å². The van der Waals surface area contributed by atoms with Crippen molar-refractivity contribution in [2.45, 2.75) is 12.8 Å². The van der Waals surface area contributed by atoms with Gasteiger partial charge in [0, 0.05) is 37.6 Å². The Morgan fingerprint density at radius 1 is 0.867 bits per heavy atom. The summed E-state index contributed by atoms with van der Waals surface area (Å²) < 4.78 is 3.67. The molecule has 6 heteroatoms. The quantitative estimate of drug-likeness (QED) is 0.488. The molecular weight excluding hydrogens is 374 g/mol. The number of hydrogen-bond acceptors (Lipinski definition) is 4. The molecule has 5 rings (SSSR count). The molecule has 0 saturated carbocycles. The van der Waals surface area contributed by atoms with Gasteiger partial charge in [-0.15, -0.1) is 0 Å². The molecule has 0 aliphatic carbocycles. The molecule has 3 aromatic heterocycles. The molecule has 0 radical (unpaired) electrons. The molecular formula is C24H21N5O. The Bertz CT molecular complexity index is 1310. The second-order valence-corrected chi connectivity index (χ2v) is 7.31. The summed E-state index contributed by atoms with van der Waals surface area (Å²) in [5, 5.41) is 11.0. The SMILES string of the molecule is Cn1ccnc1Cc1nc2c(Cc3ccccc3)nc(-c3ccccc3)cn2c1O. The van der Waals surface area contributed by atoms with Gasteiger partial charge in [-0.3, -0.25) is 4.40 Å². The Morgan fingerprint density at radius 2 is 1.60 bits per heavy atom. The topological polar surface area (TPSA) is 68.2 Å². The first-order chi connectivity index (χ1) is 14.7. The molecule has 0 unspecified atom stereocenters. The van der Waals surface area contributed by atoms with Crippen molar-refractivity contribution >= 4 is 5.65 Å². The lowest BCUT2D eigenvalue weighted by molar-refractivity contribution is 0.441. The van der Waals surface area contributed by atoms with E-state index in [9.17, 15) is 5.11 Å². The number of imidazole rings is 2. The zero-order chi connectivity index (χ0) is 20.5. The summed E-state index contributed by atoms with van der Waals surface area (Å²) in [5.74, 6) is 0.969. The summed E-state index contributed by atoms with van der Waals surface area (Å²) in [6.07, 6.45) is 6.56. The van der Waals surface area contributed by atoms with E-state index in [0.29, 0.717) is 24.2 Å². The molecule has 6 nitrogen and oxygen atoms in total. The molecule has 0 spiro atoms. The minimum Gasteiger partial charge on any atom is -0.493 e. The van der Waals surface area contributed by atoms with E-state index in [-0.39, 0.29) is 5.88 Å². The normalized spacial score (nSPS) is 11.2. The molecule has 1 N–H and O–H groups in total. The number of rotatable bonds is 5. The van der Waals surface area contributed by atoms with Crippen LogP contribution in [-0.4, -0.2) is 29.0 Å². The molecule has 0 aliphatic rings. The minimum absolute atomic E-state index is 0.127. The van der Waals surface area contributed by atoms with Crippen LogP contribution < -0.4 is 0 Å². The lowest BCUT2D eigenvalue weighted by Crippen LogP contribution is -2.00. The van der Waals surface area contributed by atoms with Gasteiger partial charge in [0.25, 0.3) is 0 Å². The van der Waals surface area contributed by atoms with Gasteiger partial charge >= 0.3 is 0 Å². The summed E-state index contributed by atoms with van der Waals surface area (Å²) >= 11 is 0. The fraction of sp³-hybridized carbons (Fsp3) is 0.125. The third-order valence-electron chi connectivity index (χ3n) is 5.25. The molecule has 30 heavy (non-hydrogen) atoms. The van der Waals surface area contributed by atoms with Crippen LogP contribution >= 0.6 is 0 Å². The Kier molecular flexibility index (Phi) is 4.52. The highest BCUT2D eigenvalue weighted by molar-refractivity contribution is 5.63. The number of aryl methyl sites for hydroxylation is 1. The first-order valence-electron chi connectivity index (χ1n) is 9.84. The van der Waals surface area contributed by atoms with Gasteiger partial charge in [-0.2, -0.15) is 0 Å². The lowest BCUT2D eigenvalue weighted by atomic mass is 10.1. The molecule has 0 fully saturated rings. The zero-order valence-electron chi connectivity index (χ0n) is 16.6. The van der Waals surface area contributed by atoms with Crippen molar-refractivity contribution in [3.63, 3.8) is 0 Å². The average Bonchev–Trinajstić information content (AvgIpc) is 3.33. The molecule has 5 aromatic rings. The van der Waals surface area contributed by atoms with Crippen LogP contribution in [0.1, 0.15) is 22.8 Å². The molecule has 0 atom stereocenters. The summed E-state index contributed by atoms with van der Waals surface area (Å²) in [4.78, 5) is 14.0. The van der Waals surface area contributed by atoms with Crippen LogP contribution in [0.15, 0.2) is 79.3 Å². The number of aromatic nitrogens is 5. The Hall–Kier alpha value is -3.93. The van der Waals surface area contributed by atoms with Crippen molar-refractivity contribution in [1.29, 1.82) is 0 Å². The van der Waals surface area contributed by atoms with Crippen LogP contribution in [0.3, 0.4) is 0 Å². The second-order valence-electron chi connectivity index (χ2n) is 7.31. The molecule has 0 aliphatic heterocycles. The summed E-state index contributed by atoms with van der Waals surface area (Å²) in [6, 6.07) is 20.2. The van der Waals surface area contributed by atoms with Crippen LogP contribution in [0.5, 0.6) is 5.88 Å². The number of nitrogens with zero attached hydrogens (tertiary/aromatic N) is 5. The van der Waals surface area contributed by atoms with E-state index >= 15 is 0 Å². The minimum atomic E-state index is 0.127.